The number of quaternary nitrogens is 1. The highest BCUT2D eigenvalue weighted by atomic mass is 31.2. The van der Waals surface area contributed by atoms with E-state index in [9.17, 15) is 19.0 Å². The van der Waals surface area contributed by atoms with E-state index in [1.807, 2.05) is 21.1 Å². The van der Waals surface area contributed by atoms with Crippen molar-refractivity contribution < 1.29 is 46.8 Å². The average molecular weight is 825 g/mol. The van der Waals surface area contributed by atoms with Gasteiger partial charge in [-0.2, -0.15) is 0 Å². The molecule has 10 nitrogen and oxygen atoms in total. The maximum absolute atomic E-state index is 12.7. The number of carbonyl (C=O) groups is 2. The molecule has 0 aliphatic carbocycles. The number of phosphoric ester groups is 1. The first kappa shape index (κ1) is 52.9. The molecule has 1 aliphatic heterocycles. The molecule has 0 bridgehead atoms. The van der Waals surface area contributed by atoms with Gasteiger partial charge in [-0.3, -0.25) is 18.6 Å². The van der Waals surface area contributed by atoms with Gasteiger partial charge in [0.15, 0.2) is 6.10 Å². The van der Waals surface area contributed by atoms with Gasteiger partial charge in [-0.15, -0.1) is 0 Å². The van der Waals surface area contributed by atoms with E-state index < -0.39 is 32.5 Å². The van der Waals surface area contributed by atoms with Crippen LogP contribution >= 0.6 is 7.82 Å². The number of rotatable bonds is 39. The number of likely N-dealkylation sites (N-methyl/N-ethyl adjacent to an activating group) is 1. The van der Waals surface area contributed by atoms with Gasteiger partial charge in [0.1, 0.15) is 19.8 Å². The Balaban J connectivity index is 2.30. The molecule has 0 radical (unpaired) electrons. The lowest BCUT2D eigenvalue weighted by Gasteiger charge is -2.24. The molecule has 3 unspecified atom stereocenters. The summed E-state index contributed by atoms with van der Waals surface area (Å²) in [6, 6.07) is 0. The summed E-state index contributed by atoms with van der Waals surface area (Å²) in [5.74, 6) is -0.848. The fraction of sp³-hybridized carbons (Fsp3) is 0.783. The molecule has 1 fully saturated rings. The highest BCUT2D eigenvalue weighted by Crippen LogP contribution is 2.43. The number of hydrogen-bond acceptors (Lipinski definition) is 8. The fourth-order valence-corrected chi connectivity index (χ4v) is 6.83. The second kappa shape index (κ2) is 34.8. The summed E-state index contributed by atoms with van der Waals surface area (Å²) in [4.78, 5) is 35.4. The number of phosphoric acid groups is 1. The van der Waals surface area contributed by atoms with Gasteiger partial charge in [-0.05, 0) is 77.0 Å². The van der Waals surface area contributed by atoms with Crippen LogP contribution < -0.4 is 0 Å². The van der Waals surface area contributed by atoms with E-state index in [1.54, 1.807) is 0 Å². The molecule has 0 aromatic heterocycles. The van der Waals surface area contributed by atoms with Crippen molar-refractivity contribution in [1.29, 1.82) is 0 Å². The Morgan fingerprint density at radius 1 is 0.649 bits per heavy atom. The van der Waals surface area contributed by atoms with Gasteiger partial charge in [0.25, 0.3) is 0 Å². The zero-order valence-corrected chi connectivity index (χ0v) is 37.7. The van der Waals surface area contributed by atoms with Crippen molar-refractivity contribution in [2.24, 2.45) is 0 Å². The van der Waals surface area contributed by atoms with E-state index in [0.29, 0.717) is 36.1 Å². The second-order valence-corrected chi connectivity index (χ2v) is 17.9. The Labute approximate surface area is 348 Å². The minimum absolute atomic E-state index is 0.0209. The van der Waals surface area contributed by atoms with E-state index in [0.717, 1.165) is 77.0 Å². The molecule has 0 aromatic rings. The van der Waals surface area contributed by atoms with Crippen molar-refractivity contribution in [2.75, 3.05) is 47.5 Å². The maximum atomic E-state index is 12.7. The fourth-order valence-electron chi connectivity index (χ4n) is 6.08. The third-order valence-corrected chi connectivity index (χ3v) is 10.7. The molecule has 1 saturated heterocycles. The van der Waals surface area contributed by atoms with E-state index in [2.05, 4.69) is 62.5 Å². The Kier molecular flexibility index (Phi) is 32.3. The van der Waals surface area contributed by atoms with Gasteiger partial charge < -0.3 is 23.6 Å². The summed E-state index contributed by atoms with van der Waals surface area (Å²) in [6.45, 7) is 4.30. The van der Waals surface area contributed by atoms with Crippen molar-refractivity contribution in [2.45, 2.75) is 186 Å². The normalized spacial score (nSPS) is 17.6. The van der Waals surface area contributed by atoms with Crippen molar-refractivity contribution in [3.05, 3.63) is 48.6 Å². The van der Waals surface area contributed by atoms with Gasteiger partial charge in [0.2, 0.25) is 0 Å². The number of epoxide rings is 1. The monoisotopic (exact) mass is 825 g/mol. The predicted molar refractivity (Wildman–Crippen MR) is 233 cm³/mol. The van der Waals surface area contributed by atoms with Gasteiger partial charge in [0.05, 0.1) is 40.0 Å². The van der Waals surface area contributed by atoms with E-state index in [4.69, 9.17) is 23.3 Å². The summed E-state index contributed by atoms with van der Waals surface area (Å²) in [5.41, 5.74) is 0. The number of unbranched alkanes of at least 4 members (excludes halogenated alkanes) is 14. The molecule has 1 N–H and O–H groups in total. The molecule has 1 rings (SSSR count). The van der Waals surface area contributed by atoms with Crippen molar-refractivity contribution in [1.82, 2.24) is 0 Å². The first-order chi connectivity index (χ1) is 27.5. The second-order valence-electron chi connectivity index (χ2n) is 16.5. The molecule has 0 amide bonds. The largest absolute Gasteiger partial charge is 0.472 e. The lowest BCUT2D eigenvalue weighted by atomic mass is 10.1. The van der Waals surface area contributed by atoms with E-state index >= 15 is 0 Å². The van der Waals surface area contributed by atoms with Crippen LogP contribution in [0.5, 0.6) is 0 Å². The van der Waals surface area contributed by atoms with Crippen LogP contribution in [0.3, 0.4) is 0 Å². The Morgan fingerprint density at radius 3 is 1.79 bits per heavy atom. The summed E-state index contributed by atoms with van der Waals surface area (Å²) in [5, 5.41) is 0. The Bertz CT molecular complexity index is 1180. The summed E-state index contributed by atoms with van der Waals surface area (Å²) in [7, 11) is 1.44. The summed E-state index contributed by atoms with van der Waals surface area (Å²) < 4.78 is 40.0. The van der Waals surface area contributed by atoms with Crippen LogP contribution in [-0.2, 0) is 37.4 Å². The summed E-state index contributed by atoms with van der Waals surface area (Å²) >= 11 is 0. The number of nitrogens with zero attached hydrogens (tertiary/aromatic N) is 1. The van der Waals surface area contributed by atoms with Crippen LogP contribution in [-0.4, -0.2) is 87.1 Å². The molecule has 0 aromatic carbocycles. The van der Waals surface area contributed by atoms with Crippen LogP contribution in [0.2, 0.25) is 0 Å². The zero-order valence-electron chi connectivity index (χ0n) is 36.8. The van der Waals surface area contributed by atoms with Crippen molar-refractivity contribution in [3.8, 4) is 0 Å². The molecule has 57 heavy (non-hydrogen) atoms. The highest BCUT2D eigenvalue weighted by molar-refractivity contribution is 7.47. The average Bonchev–Trinajstić information content (AvgIpc) is 3.91. The molecule has 0 saturated carbocycles. The summed E-state index contributed by atoms with van der Waals surface area (Å²) in [6.07, 6.45) is 41.8. The molecule has 330 valence electrons. The predicted octanol–water partition coefficient (Wildman–Crippen LogP) is 11.7. The molecule has 0 spiro atoms. The van der Waals surface area contributed by atoms with E-state index in [1.165, 1.54) is 51.4 Å². The molecule has 1 heterocycles. The third-order valence-electron chi connectivity index (χ3n) is 9.76. The van der Waals surface area contributed by atoms with E-state index in [-0.39, 0.29) is 26.1 Å². The maximum Gasteiger partial charge on any atom is 0.472 e. The highest BCUT2D eigenvalue weighted by Gasteiger charge is 2.36. The van der Waals surface area contributed by atoms with Crippen LogP contribution in [0, 0.1) is 0 Å². The topological polar surface area (TPSA) is 121 Å². The number of hydrogen-bond donors (Lipinski definition) is 1. The molecular weight excluding hydrogens is 741 g/mol. The molecule has 11 heteroatoms. The van der Waals surface area contributed by atoms with Gasteiger partial charge in [-0.1, -0.05) is 127 Å². The SMILES string of the molecule is CCCCC/C=C\C/C=C\C/C=C\CCCCCCC(=O)OC[C@H](COP(=O)(O)OCC[N+](C)(C)C)OC(=O)CCCCCCC/C=C\CC1OC1CCCCC. The van der Waals surface area contributed by atoms with Crippen LogP contribution in [0.4, 0.5) is 0 Å². The van der Waals surface area contributed by atoms with Crippen LogP contribution in [0.25, 0.3) is 0 Å². The first-order valence-corrected chi connectivity index (χ1v) is 24.0. The van der Waals surface area contributed by atoms with Crippen molar-refractivity contribution >= 4 is 19.8 Å². The van der Waals surface area contributed by atoms with Crippen LogP contribution in [0.1, 0.15) is 168 Å². The number of ether oxygens (including phenoxy) is 3. The molecule has 1 aliphatic rings. The Morgan fingerprint density at radius 2 is 1.18 bits per heavy atom. The van der Waals surface area contributed by atoms with Crippen LogP contribution in [0.15, 0.2) is 48.6 Å². The lowest BCUT2D eigenvalue weighted by Crippen LogP contribution is -2.37. The smallest absolute Gasteiger partial charge is 0.462 e. The first-order valence-electron chi connectivity index (χ1n) is 22.5. The van der Waals surface area contributed by atoms with Gasteiger partial charge >= 0.3 is 19.8 Å². The lowest BCUT2D eigenvalue weighted by molar-refractivity contribution is -0.870. The van der Waals surface area contributed by atoms with Gasteiger partial charge in [-0.25, -0.2) is 4.57 Å². The molecule has 4 atom stereocenters. The minimum Gasteiger partial charge on any atom is -0.462 e. The Hall–Kier alpha value is -2.07. The minimum atomic E-state index is -4.39. The standard InChI is InChI=1S/C46H82NO9P/c1-6-8-10-11-12-13-14-15-16-17-18-19-20-21-25-28-32-36-45(48)52-40-42(41-54-57(50,51)53-39-38-47(3,4)5)55-46(49)37-33-29-26-23-22-24-27-31-35-44-43(56-44)34-30-9-7-2/h12-13,15-16,18-19,27,31,42-44H,6-11,14,17,20-26,28-30,32-41H2,1-5H3/p+1/b13-12-,16-15-,19-18-,31-27-/t42-,43?,44?/m1/s1. The zero-order chi connectivity index (χ0) is 41.9. The third kappa shape index (κ3) is 35.6. The van der Waals surface area contributed by atoms with Crippen molar-refractivity contribution in [3.63, 3.8) is 0 Å². The quantitative estimate of drug-likeness (QED) is 0.0161. The number of allylic oxidation sites excluding steroid dienone is 7. The number of carbonyl (C=O) groups excluding carboxylic acids is 2. The van der Waals surface area contributed by atoms with Gasteiger partial charge in [0, 0.05) is 12.8 Å². The number of esters is 2. The molecular formula is C46H83NO9P+.